The van der Waals surface area contributed by atoms with Crippen LogP contribution >= 0.6 is 0 Å². The van der Waals surface area contributed by atoms with Crippen molar-refractivity contribution >= 4 is 6.16 Å². The largest absolute Gasteiger partial charge is 0.514 e. The Kier molecular flexibility index (Phi) is 12.0. The van der Waals surface area contributed by atoms with E-state index in [0.29, 0.717) is 11.7 Å². The van der Waals surface area contributed by atoms with Gasteiger partial charge in [-0.25, -0.2) is 4.79 Å². The second kappa shape index (κ2) is 13.7. The molecule has 0 radical (unpaired) electrons. The molecule has 1 aromatic rings. The van der Waals surface area contributed by atoms with Gasteiger partial charge in [-0.1, -0.05) is 91.3 Å². The van der Waals surface area contributed by atoms with Gasteiger partial charge >= 0.3 is 6.16 Å². The third-order valence-corrected chi connectivity index (χ3v) is 6.06. The molecule has 3 nitrogen and oxygen atoms in total. The zero-order valence-corrected chi connectivity index (χ0v) is 19.7. The van der Waals surface area contributed by atoms with Crippen LogP contribution in [0.1, 0.15) is 99.3 Å². The number of rotatable bonds is 14. The van der Waals surface area contributed by atoms with E-state index >= 15 is 0 Å². The number of benzene rings is 1. The predicted molar refractivity (Wildman–Crippen MR) is 122 cm³/mol. The Labute approximate surface area is 179 Å². The second-order valence-electron chi connectivity index (χ2n) is 9.58. The van der Waals surface area contributed by atoms with Crippen LogP contribution in [-0.4, -0.2) is 11.8 Å². The molecule has 0 amide bonds. The second-order valence-corrected chi connectivity index (χ2v) is 9.58. The maximum Gasteiger partial charge on any atom is 0.514 e. The zero-order chi connectivity index (χ0) is 21.7. The highest BCUT2D eigenvalue weighted by Gasteiger charge is 2.28. The van der Waals surface area contributed by atoms with Crippen LogP contribution in [-0.2, 0) is 4.74 Å². The molecule has 0 spiro atoms. The highest BCUT2D eigenvalue weighted by molar-refractivity contribution is 5.64. The lowest BCUT2D eigenvalue weighted by Crippen LogP contribution is -2.33. The van der Waals surface area contributed by atoms with E-state index in [9.17, 15) is 4.79 Å². The Morgan fingerprint density at radius 1 is 0.897 bits per heavy atom. The zero-order valence-electron chi connectivity index (χ0n) is 19.7. The lowest BCUT2D eigenvalue weighted by molar-refractivity contribution is -0.0136. The van der Waals surface area contributed by atoms with Crippen molar-refractivity contribution in [3.63, 3.8) is 0 Å². The van der Waals surface area contributed by atoms with Crippen molar-refractivity contribution in [3.05, 3.63) is 30.3 Å². The highest BCUT2D eigenvalue weighted by Crippen LogP contribution is 2.28. The summed E-state index contributed by atoms with van der Waals surface area (Å²) in [6.45, 7) is 13.4. The van der Waals surface area contributed by atoms with E-state index in [1.165, 1.54) is 38.5 Å². The fourth-order valence-corrected chi connectivity index (χ4v) is 3.64. The van der Waals surface area contributed by atoms with E-state index in [1.54, 1.807) is 12.1 Å². The summed E-state index contributed by atoms with van der Waals surface area (Å²) < 4.78 is 11.0. The van der Waals surface area contributed by atoms with E-state index < -0.39 is 11.8 Å². The molecule has 0 aliphatic carbocycles. The van der Waals surface area contributed by atoms with Crippen molar-refractivity contribution in [3.8, 4) is 5.75 Å². The molecule has 0 N–H and O–H groups in total. The Morgan fingerprint density at radius 3 is 2.00 bits per heavy atom. The minimum atomic E-state index is -0.608. The van der Waals surface area contributed by atoms with Crippen LogP contribution in [0, 0.1) is 17.8 Å². The van der Waals surface area contributed by atoms with Crippen molar-refractivity contribution in [2.45, 2.75) is 105 Å². The fraction of sp³-hybridized carbons (Fsp3) is 0.731. The van der Waals surface area contributed by atoms with Crippen LogP contribution in [0.2, 0.25) is 0 Å². The maximum absolute atomic E-state index is 12.2. The Hall–Kier alpha value is -1.51. The van der Waals surface area contributed by atoms with Gasteiger partial charge in [-0.15, -0.1) is 0 Å². The number of ether oxygens (including phenoxy) is 2. The molecule has 3 atom stereocenters. The molecule has 1 aromatic carbocycles. The average molecular weight is 405 g/mol. The quantitative estimate of drug-likeness (QED) is 0.230. The summed E-state index contributed by atoms with van der Waals surface area (Å²) in [6, 6.07) is 9.10. The van der Waals surface area contributed by atoms with Crippen LogP contribution in [0.25, 0.3) is 0 Å². The van der Waals surface area contributed by atoms with Crippen molar-refractivity contribution in [1.82, 2.24) is 0 Å². The molecule has 3 heteroatoms. The van der Waals surface area contributed by atoms with Gasteiger partial charge in [0, 0.05) is 0 Å². The number of carbonyl (C=O) groups excluding carboxylic acids is 1. The van der Waals surface area contributed by atoms with Gasteiger partial charge in [0.05, 0.1) is 0 Å². The van der Waals surface area contributed by atoms with Gasteiger partial charge in [0.1, 0.15) is 11.4 Å². The van der Waals surface area contributed by atoms with Gasteiger partial charge < -0.3 is 9.47 Å². The summed E-state index contributed by atoms with van der Waals surface area (Å²) in [6.07, 6.45) is 10.1. The summed E-state index contributed by atoms with van der Waals surface area (Å²) in [4.78, 5) is 12.2. The standard InChI is InChI=1S/C26H44O3/c1-7-26(6,29-25(27)28-24-17-9-8-10-18-24)20-19-23(5)16-12-15-22(4)14-11-13-21(2)3/h8-10,17-18,21-23H,7,11-16,19-20H2,1-6H3. The monoisotopic (exact) mass is 404 g/mol. The van der Waals surface area contributed by atoms with Crippen LogP contribution in [0.5, 0.6) is 5.75 Å². The van der Waals surface area contributed by atoms with E-state index in [4.69, 9.17) is 9.47 Å². The number of hydrogen-bond acceptors (Lipinski definition) is 3. The van der Waals surface area contributed by atoms with Gasteiger partial charge in [0.15, 0.2) is 0 Å². The summed E-state index contributed by atoms with van der Waals surface area (Å²) in [5.74, 6) is 2.82. The molecule has 0 saturated carbocycles. The van der Waals surface area contributed by atoms with E-state index in [0.717, 1.165) is 31.1 Å². The molecule has 0 aliphatic heterocycles. The number of hydrogen-bond donors (Lipinski definition) is 0. The normalized spacial score (nSPS) is 15.6. The summed E-state index contributed by atoms with van der Waals surface area (Å²) >= 11 is 0. The van der Waals surface area contributed by atoms with Crippen molar-refractivity contribution in [1.29, 1.82) is 0 Å². The molecule has 166 valence electrons. The van der Waals surface area contributed by atoms with Gasteiger partial charge in [-0.3, -0.25) is 0 Å². The first-order valence-electron chi connectivity index (χ1n) is 11.7. The van der Waals surface area contributed by atoms with E-state index in [2.05, 4.69) is 34.6 Å². The minimum absolute atomic E-state index is 0.468. The minimum Gasteiger partial charge on any atom is -0.428 e. The fourth-order valence-electron chi connectivity index (χ4n) is 3.64. The smallest absolute Gasteiger partial charge is 0.428 e. The van der Waals surface area contributed by atoms with Crippen molar-refractivity contribution in [2.75, 3.05) is 0 Å². The van der Waals surface area contributed by atoms with Crippen molar-refractivity contribution in [2.24, 2.45) is 17.8 Å². The first kappa shape index (κ1) is 25.5. The van der Waals surface area contributed by atoms with Crippen LogP contribution < -0.4 is 4.74 Å². The van der Waals surface area contributed by atoms with Crippen molar-refractivity contribution < 1.29 is 14.3 Å². The molecule has 3 unspecified atom stereocenters. The maximum atomic E-state index is 12.2. The number of para-hydroxylation sites is 1. The van der Waals surface area contributed by atoms with Gasteiger partial charge in [0.25, 0.3) is 0 Å². The average Bonchev–Trinajstić information content (AvgIpc) is 2.67. The molecule has 0 fully saturated rings. The lowest BCUT2D eigenvalue weighted by atomic mass is 9.88. The third kappa shape index (κ3) is 11.9. The molecular formula is C26H44O3. The molecular weight excluding hydrogens is 360 g/mol. The first-order valence-corrected chi connectivity index (χ1v) is 11.7. The molecule has 0 heterocycles. The molecule has 0 bridgehead atoms. The van der Waals surface area contributed by atoms with Gasteiger partial charge in [0.2, 0.25) is 0 Å². The predicted octanol–water partition coefficient (Wildman–Crippen LogP) is 8.42. The van der Waals surface area contributed by atoms with Crippen LogP contribution in [0.15, 0.2) is 30.3 Å². The van der Waals surface area contributed by atoms with Crippen LogP contribution in [0.3, 0.4) is 0 Å². The van der Waals surface area contributed by atoms with Crippen LogP contribution in [0.4, 0.5) is 4.79 Å². The Balaban J connectivity index is 2.28. The summed E-state index contributed by atoms with van der Waals surface area (Å²) in [5, 5.41) is 0. The topological polar surface area (TPSA) is 35.5 Å². The molecule has 29 heavy (non-hydrogen) atoms. The molecule has 0 saturated heterocycles. The molecule has 0 aromatic heterocycles. The van der Waals surface area contributed by atoms with E-state index in [1.807, 2.05) is 25.1 Å². The third-order valence-electron chi connectivity index (χ3n) is 6.06. The molecule has 0 aliphatic rings. The molecule has 1 rings (SSSR count). The number of carbonyl (C=O) groups is 1. The summed E-state index contributed by atoms with van der Waals surface area (Å²) in [5.41, 5.74) is -0.468. The summed E-state index contributed by atoms with van der Waals surface area (Å²) in [7, 11) is 0. The highest BCUT2D eigenvalue weighted by atomic mass is 16.7. The lowest BCUT2D eigenvalue weighted by Gasteiger charge is -2.29. The van der Waals surface area contributed by atoms with Gasteiger partial charge in [-0.05, 0) is 56.1 Å². The SMILES string of the molecule is CCC(C)(CCC(C)CCCC(C)CCCC(C)C)OC(=O)Oc1ccccc1. The van der Waals surface area contributed by atoms with Gasteiger partial charge in [-0.2, -0.15) is 0 Å². The Morgan fingerprint density at radius 2 is 1.45 bits per heavy atom. The Bertz CT molecular complexity index is 554. The first-order chi connectivity index (χ1) is 13.7. The van der Waals surface area contributed by atoms with E-state index in [-0.39, 0.29) is 0 Å².